The summed E-state index contributed by atoms with van der Waals surface area (Å²) in [6.07, 6.45) is 3.47. The number of hydrogen-bond acceptors (Lipinski definition) is 3. The van der Waals surface area contributed by atoms with Crippen LogP contribution in [0.4, 0.5) is 0 Å². The molecule has 0 aromatic carbocycles. The normalized spacial score (nSPS) is 9.23. The Labute approximate surface area is 79.3 Å². The predicted octanol–water partition coefficient (Wildman–Crippen LogP) is 0.406. The van der Waals surface area contributed by atoms with Crippen molar-refractivity contribution in [3.8, 4) is 6.07 Å². The van der Waals surface area contributed by atoms with E-state index in [0.717, 1.165) is 13.0 Å². The summed E-state index contributed by atoms with van der Waals surface area (Å²) < 4.78 is 0. The highest BCUT2D eigenvalue weighted by Crippen LogP contribution is 1.90. The van der Waals surface area contributed by atoms with Gasteiger partial charge in [0.1, 0.15) is 6.54 Å². The van der Waals surface area contributed by atoms with Gasteiger partial charge < -0.3 is 10.6 Å². The fourth-order valence-electron chi connectivity index (χ4n) is 0.903. The first-order valence-electron chi connectivity index (χ1n) is 4.65. The molecular weight excluding hydrogens is 166 g/mol. The third kappa shape index (κ3) is 8.83. The first-order valence-corrected chi connectivity index (χ1v) is 4.65. The van der Waals surface area contributed by atoms with Gasteiger partial charge in [-0.3, -0.25) is 4.79 Å². The Morgan fingerprint density at radius 2 is 2.23 bits per heavy atom. The van der Waals surface area contributed by atoms with E-state index in [2.05, 4.69) is 17.6 Å². The molecule has 4 nitrogen and oxygen atoms in total. The molecule has 0 rings (SSSR count). The number of carbonyl (C=O) groups is 1. The molecule has 0 bridgehead atoms. The van der Waals surface area contributed by atoms with Gasteiger partial charge in [0, 0.05) is 0 Å². The average Bonchev–Trinajstić information content (AvgIpc) is 2.14. The van der Waals surface area contributed by atoms with Gasteiger partial charge in [0.15, 0.2) is 0 Å². The Morgan fingerprint density at radius 3 is 2.85 bits per heavy atom. The first-order chi connectivity index (χ1) is 6.31. The highest BCUT2D eigenvalue weighted by molar-refractivity contribution is 5.78. The summed E-state index contributed by atoms with van der Waals surface area (Å²) in [7, 11) is 0. The Bertz CT molecular complexity index is 174. The third-order valence-corrected chi connectivity index (χ3v) is 1.61. The maximum absolute atomic E-state index is 10.9. The van der Waals surface area contributed by atoms with Crippen LogP contribution >= 0.6 is 0 Å². The van der Waals surface area contributed by atoms with Crippen molar-refractivity contribution in [3.05, 3.63) is 0 Å². The monoisotopic (exact) mass is 183 g/mol. The van der Waals surface area contributed by atoms with E-state index in [4.69, 9.17) is 5.26 Å². The molecule has 0 fully saturated rings. The van der Waals surface area contributed by atoms with Crippen molar-refractivity contribution in [2.24, 2.45) is 0 Å². The third-order valence-electron chi connectivity index (χ3n) is 1.61. The molecule has 0 aliphatic heterocycles. The van der Waals surface area contributed by atoms with Gasteiger partial charge >= 0.3 is 0 Å². The van der Waals surface area contributed by atoms with Crippen LogP contribution in [-0.2, 0) is 4.79 Å². The first kappa shape index (κ1) is 11.9. The van der Waals surface area contributed by atoms with Crippen LogP contribution in [0.5, 0.6) is 0 Å². The van der Waals surface area contributed by atoms with E-state index in [1.807, 2.05) is 6.07 Å². The minimum absolute atomic E-state index is 0.0927. The van der Waals surface area contributed by atoms with Gasteiger partial charge in [0.05, 0.1) is 12.6 Å². The fourth-order valence-corrected chi connectivity index (χ4v) is 0.903. The van der Waals surface area contributed by atoms with Crippen molar-refractivity contribution in [2.75, 3.05) is 19.6 Å². The average molecular weight is 183 g/mol. The van der Waals surface area contributed by atoms with Crippen LogP contribution in [0.1, 0.15) is 26.2 Å². The van der Waals surface area contributed by atoms with Crippen LogP contribution in [0.15, 0.2) is 0 Å². The molecule has 0 radical (unpaired) electrons. The van der Waals surface area contributed by atoms with E-state index in [-0.39, 0.29) is 12.5 Å². The SMILES string of the molecule is CCCCCNCC(=O)NCC#N. The lowest BCUT2D eigenvalue weighted by molar-refractivity contribution is -0.120. The molecule has 0 aliphatic carbocycles. The molecule has 4 heteroatoms. The zero-order valence-electron chi connectivity index (χ0n) is 8.10. The van der Waals surface area contributed by atoms with Crippen molar-refractivity contribution in [1.29, 1.82) is 5.26 Å². The highest BCUT2D eigenvalue weighted by Gasteiger charge is 1.97. The summed E-state index contributed by atoms with van der Waals surface area (Å²) in [4.78, 5) is 10.9. The lowest BCUT2D eigenvalue weighted by Gasteiger charge is -2.03. The van der Waals surface area contributed by atoms with Crippen molar-refractivity contribution in [2.45, 2.75) is 26.2 Å². The predicted molar refractivity (Wildman–Crippen MR) is 51.0 cm³/mol. The lowest BCUT2D eigenvalue weighted by atomic mass is 10.2. The zero-order valence-corrected chi connectivity index (χ0v) is 8.10. The van der Waals surface area contributed by atoms with Gasteiger partial charge in [0.2, 0.25) is 5.91 Å². The quantitative estimate of drug-likeness (QED) is 0.443. The molecule has 1 amide bonds. The molecule has 0 aromatic heterocycles. The van der Waals surface area contributed by atoms with Crippen molar-refractivity contribution < 1.29 is 4.79 Å². The van der Waals surface area contributed by atoms with Crippen LogP contribution < -0.4 is 10.6 Å². The Balaban J connectivity index is 3.13. The summed E-state index contributed by atoms with van der Waals surface area (Å²) in [6.45, 7) is 3.41. The molecule has 0 unspecified atom stereocenters. The summed E-state index contributed by atoms with van der Waals surface area (Å²) in [5.41, 5.74) is 0. The van der Waals surface area contributed by atoms with Gasteiger partial charge in [-0.2, -0.15) is 5.26 Å². The second-order valence-corrected chi connectivity index (χ2v) is 2.82. The Kier molecular flexibility index (Phi) is 8.26. The molecule has 2 N–H and O–H groups in total. The molecule has 13 heavy (non-hydrogen) atoms. The number of carbonyl (C=O) groups excluding carboxylic acids is 1. The van der Waals surface area contributed by atoms with Crippen LogP contribution in [-0.4, -0.2) is 25.5 Å². The fraction of sp³-hybridized carbons (Fsp3) is 0.778. The minimum atomic E-state index is -0.113. The van der Waals surface area contributed by atoms with E-state index < -0.39 is 0 Å². The summed E-state index contributed by atoms with van der Waals surface area (Å²) in [5.74, 6) is -0.113. The smallest absolute Gasteiger partial charge is 0.234 e. The van der Waals surface area contributed by atoms with Gasteiger partial charge in [-0.1, -0.05) is 19.8 Å². The zero-order chi connectivity index (χ0) is 9.94. The topological polar surface area (TPSA) is 64.9 Å². The van der Waals surface area contributed by atoms with Crippen LogP contribution in [0, 0.1) is 11.3 Å². The number of hydrogen-bond donors (Lipinski definition) is 2. The molecule has 0 spiro atoms. The number of nitrogens with one attached hydrogen (secondary N) is 2. The van der Waals surface area contributed by atoms with Gasteiger partial charge in [-0.25, -0.2) is 0 Å². The molecule has 0 aromatic rings. The van der Waals surface area contributed by atoms with Crippen molar-refractivity contribution in [1.82, 2.24) is 10.6 Å². The number of rotatable bonds is 7. The highest BCUT2D eigenvalue weighted by atomic mass is 16.1. The number of unbranched alkanes of at least 4 members (excludes halogenated alkanes) is 2. The molecule has 0 saturated carbocycles. The minimum Gasteiger partial charge on any atom is -0.342 e. The summed E-state index contributed by atoms with van der Waals surface area (Å²) >= 11 is 0. The Hall–Kier alpha value is -1.08. The van der Waals surface area contributed by atoms with E-state index in [1.54, 1.807) is 0 Å². The molecular formula is C9H17N3O. The van der Waals surface area contributed by atoms with Gasteiger partial charge in [-0.15, -0.1) is 0 Å². The summed E-state index contributed by atoms with van der Waals surface area (Å²) in [6, 6.07) is 1.85. The maximum atomic E-state index is 10.9. The van der Waals surface area contributed by atoms with E-state index in [1.165, 1.54) is 12.8 Å². The van der Waals surface area contributed by atoms with Gasteiger partial charge in [0.25, 0.3) is 0 Å². The van der Waals surface area contributed by atoms with E-state index >= 15 is 0 Å². The molecule has 0 saturated heterocycles. The molecule has 0 atom stereocenters. The lowest BCUT2D eigenvalue weighted by Crippen LogP contribution is -2.34. The largest absolute Gasteiger partial charge is 0.342 e. The summed E-state index contributed by atoms with van der Waals surface area (Å²) in [5, 5.41) is 13.6. The van der Waals surface area contributed by atoms with Crippen LogP contribution in [0.3, 0.4) is 0 Å². The maximum Gasteiger partial charge on any atom is 0.234 e. The van der Waals surface area contributed by atoms with Crippen LogP contribution in [0.25, 0.3) is 0 Å². The van der Waals surface area contributed by atoms with Crippen molar-refractivity contribution >= 4 is 5.91 Å². The number of nitrogens with zero attached hydrogens (tertiary/aromatic N) is 1. The van der Waals surface area contributed by atoms with Gasteiger partial charge in [-0.05, 0) is 13.0 Å². The molecule has 74 valence electrons. The second-order valence-electron chi connectivity index (χ2n) is 2.82. The second kappa shape index (κ2) is 9.01. The Morgan fingerprint density at radius 1 is 1.46 bits per heavy atom. The van der Waals surface area contributed by atoms with Crippen molar-refractivity contribution in [3.63, 3.8) is 0 Å². The van der Waals surface area contributed by atoms with E-state index in [9.17, 15) is 4.79 Å². The van der Waals surface area contributed by atoms with E-state index in [0.29, 0.717) is 6.54 Å². The number of amides is 1. The van der Waals surface area contributed by atoms with Crippen LogP contribution in [0.2, 0.25) is 0 Å². The standard InChI is InChI=1S/C9H17N3O/c1-2-3-4-6-11-8-9(13)12-7-5-10/h11H,2-4,6-8H2,1H3,(H,12,13). The molecule has 0 heterocycles. The number of nitriles is 1. The molecule has 0 aliphatic rings.